The third kappa shape index (κ3) is 4.41. The summed E-state index contributed by atoms with van der Waals surface area (Å²) in [6, 6.07) is 5.99. The smallest absolute Gasteiger partial charge is 0.407 e. The number of fused-ring (bicyclic) bond motifs is 1. The third-order valence-corrected chi connectivity index (χ3v) is 3.11. The van der Waals surface area contributed by atoms with Crippen LogP contribution in [0.2, 0.25) is 0 Å². The lowest BCUT2D eigenvalue weighted by Crippen LogP contribution is -2.33. The monoisotopic (exact) mass is 304 g/mol. The quantitative estimate of drug-likeness (QED) is 0.886. The summed E-state index contributed by atoms with van der Waals surface area (Å²) in [6.45, 7) is 8.70. The van der Waals surface area contributed by atoms with E-state index in [1.165, 1.54) is 0 Å². The van der Waals surface area contributed by atoms with Crippen molar-refractivity contribution < 1.29 is 14.3 Å². The molecule has 2 rings (SSSR count). The molecule has 0 radical (unpaired) electrons. The lowest BCUT2D eigenvalue weighted by atomic mass is 10.1. The number of alkyl carbamates (subject to hydrolysis) is 1. The van der Waals surface area contributed by atoms with Crippen molar-refractivity contribution in [1.29, 1.82) is 0 Å². The fourth-order valence-corrected chi connectivity index (χ4v) is 2.24. The highest BCUT2D eigenvalue weighted by molar-refractivity contribution is 5.84. The summed E-state index contributed by atoms with van der Waals surface area (Å²) >= 11 is 0. The molecule has 0 bridgehead atoms. The molecule has 0 aliphatic carbocycles. The number of rotatable bonds is 5. The highest BCUT2D eigenvalue weighted by atomic mass is 16.6. The molecule has 0 aliphatic rings. The standard InChI is InChI=1S/C17H24N2O3/c1-5-21-13-6-7-14-12(11-19-15(14)10-13)8-9-18-16(20)22-17(2,3)4/h6-7,10-11,19H,5,8-9H2,1-4H3,(H,18,20). The van der Waals surface area contributed by atoms with Gasteiger partial charge in [-0.25, -0.2) is 4.79 Å². The number of carbonyl (C=O) groups is 1. The Kier molecular flexibility index (Phi) is 4.96. The van der Waals surface area contributed by atoms with E-state index in [0.717, 1.165) is 28.6 Å². The fraction of sp³-hybridized carbons (Fsp3) is 0.471. The molecule has 1 amide bonds. The number of carbonyl (C=O) groups excluding carboxylic acids is 1. The van der Waals surface area contributed by atoms with Gasteiger partial charge >= 0.3 is 6.09 Å². The summed E-state index contributed by atoms with van der Waals surface area (Å²) < 4.78 is 10.7. The number of H-pyrrole nitrogens is 1. The normalized spacial score (nSPS) is 11.5. The number of aromatic amines is 1. The van der Waals surface area contributed by atoms with Gasteiger partial charge in [-0.1, -0.05) is 0 Å². The van der Waals surface area contributed by atoms with Crippen LogP contribution in [0.25, 0.3) is 10.9 Å². The zero-order valence-electron chi connectivity index (χ0n) is 13.7. The molecule has 2 aromatic rings. The van der Waals surface area contributed by atoms with Gasteiger partial charge in [0.2, 0.25) is 0 Å². The average molecular weight is 304 g/mol. The van der Waals surface area contributed by atoms with Crippen molar-refractivity contribution >= 4 is 17.0 Å². The van der Waals surface area contributed by atoms with Crippen LogP contribution in [0, 0.1) is 0 Å². The molecule has 0 saturated heterocycles. The van der Waals surface area contributed by atoms with Gasteiger partial charge in [0, 0.05) is 29.7 Å². The Balaban J connectivity index is 1.93. The van der Waals surface area contributed by atoms with E-state index in [1.807, 2.05) is 52.1 Å². The topological polar surface area (TPSA) is 63.4 Å². The minimum absolute atomic E-state index is 0.383. The second kappa shape index (κ2) is 6.73. The minimum Gasteiger partial charge on any atom is -0.494 e. The maximum absolute atomic E-state index is 11.6. The molecule has 0 atom stereocenters. The van der Waals surface area contributed by atoms with E-state index in [4.69, 9.17) is 9.47 Å². The van der Waals surface area contributed by atoms with Gasteiger partial charge in [0.25, 0.3) is 0 Å². The largest absolute Gasteiger partial charge is 0.494 e. The van der Waals surface area contributed by atoms with Gasteiger partial charge < -0.3 is 19.8 Å². The second-order valence-electron chi connectivity index (χ2n) is 6.13. The summed E-state index contributed by atoms with van der Waals surface area (Å²) in [5.74, 6) is 0.857. The van der Waals surface area contributed by atoms with Crippen LogP contribution in [0.15, 0.2) is 24.4 Å². The zero-order chi connectivity index (χ0) is 16.2. The molecule has 0 spiro atoms. The van der Waals surface area contributed by atoms with E-state index in [2.05, 4.69) is 10.3 Å². The Morgan fingerprint density at radius 2 is 2.09 bits per heavy atom. The molecule has 0 aliphatic heterocycles. The molecule has 5 nitrogen and oxygen atoms in total. The molecular weight excluding hydrogens is 280 g/mol. The molecule has 22 heavy (non-hydrogen) atoms. The first-order valence-electron chi connectivity index (χ1n) is 7.58. The average Bonchev–Trinajstić information content (AvgIpc) is 2.80. The van der Waals surface area contributed by atoms with Gasteiger partial charge in [0.05, 0.1) is 6.61 Å². The van der Waals surface area contributed by atoms with Gasteiger partial charge in [0.1, 0.15) is 11.4 Å². The number of nitrogens with one attached hydrogen (secondary N) is 2. The number of hydrogen-bond donors (Lipinski definition) is 2. The van der Waals surface area contributed by atoms with Gasteiger partial charge in [-0.2, -0.15) is 0 Å². The fourth-order valence-electron chi connectivity index (χ4n) is 2.24. The first-order valence-corrected chi connectivity index (χ1v) is 7.58. The molecule has 0 fully saturated rings. The van der Waals surface area contributed by atoms with Crippen molar-refractivity contribution in [3.8, 4) is 5.75 Å². The van der Waals surface area contributed by atoms with Crippen LogP contribution in [-0.2, 0) is 11.2 Å². The van der Waals surface area contributed by atoms with E-state index in [-0.39, 0.29) is 6.09 Å². The molecule has 120 valence electrons. The van der Waals surface area contributed by atoms with E-state index in [0.29, 0.717) is 13.2 Å². The van der Waals surface area contributed by atoms with Crippen LogP contribution < -0.4 is 10.1 Å². The second-order valence-corrected chi connectivity index (χ2v) is 6.13. The molecule has 5 heteroatoms. The highest BCUT2D eigenvalue weighted by Crippen LogP contribution is 2.23. The van der Waals surface area contributed by atoms with Crippen LogP contribution >= 0.6 is 0 Å². The SMILES string of the molecule is CCOc1ccc2c(CCNC(=O)OC(C)(C)C)c[nH]c2c1. The van der Waals surface area contributed by atoms with E-state index in [9.17, 15) is 4.79 Å². The van der Waals surface area contributed by atoms with Crippen molar-refractivity contribution in [1.82, 2.24) is 10.3 Å². The van der Waals surface area contributed by atoms with Gasteiger partial charge in [-0.3, -0.25) is 0 Å². The van der Waals surface area contributed by atoms with Crippen molar-refractivity contribution in [2.45, 2.75) is 39.7 Å². The van der Waals surface area contributed by atoms with Gasteiger partial charge in [-0.05, 0) is 51.8 Å². The summed E-state index contributed by atoms with van der Waals surface area (Å²) in [6.07, 6.45) is 2.33. The molecule has 1 aromatic carbocycles. The molecule has 1 aromatic heterocycles. The molecule has 0 saturated carbocycles. The predicted molar refractivity (Wildman–Crippen MR) is 87.4 cm³/mol. The van der Waals surface area contributed by atoms with Gasteiger partial charge in [0.15, 0.2) is 0 Å². The minimum atomic E-state index is -0.472. The number of benzene rings is 1. The van der Waals surface area contributed by atoms with E-state index in [1.54, 1.807) is 0 Å². The highest BCUT2D eigenvalue weighted by Gasteiger charge is 2.15. The Morgan fingerprint density at radius 1 is 1.32 bits per heavy atom. The van der Waals surface area contributed by atoms with Crippen LogP contribution in [-0.4, -0.2) is 29.8 Å². The number of hydrogen-bond acceptors (Lipinski definition) is 3. The maximum atomic E-state index is 11.6. The maximum Gasteiger partial charge on any atom is 0.407 e. The lowest BCUT2D eigenvalue weighted by Gasteiger charge is -2.19. The molecule has 1 heterocycles. The zero-order valence-corrected chi connectivity index (χ0v) is 13.7. The molecular formula is C17H24N2O3. The third-order valence-electron chi connectivity index (χ3n) is 3.11. The predicted octanol–water partition coefficient (Wildman–Crippen LogP) is 3.63. The van der Waals surface area contributed by atoms with Crippen molar-refractivity contribution in [3.05, 3.63) is 30.0 Å². The molecule has 0 unspecified atom stereocenters. The molecule has 2 N–H and O–H groups in total. The van der Waals surface area contributed by atoms with Crippen molar-refractivity contribution in [2.24, 2.45) is 0 Å². The number of aromatic nitrogens is 1. The van der Waals surface area contributed by atoms with Crippen LogP contribution in [0.1, 0.15) is 33.3 Å². The summed E-state index contributed by atoms with van der Waals surface area (Å²) in [7, 11) is 0. The van der Waals surface area contributed by atoms with E-state index < -0.39 is 5.60 Å². The Labute approximate surface area is 131 Å². The van der Waals surface area contributed by atoms with E-state index >= 15 is 0 Å². The van der Waals surface area contributed by atoms with Crippen LogP contribution in [0.4, 0.5) is 4.79 Å². The summed E-state index contributed by atoms with van der Waals surface area (Å²) in [5.41, 5.74) is 1.73. The van der Waals surface area contributed by atoms with Crippen LogP contribution in [0.5, 0.6) is 5.75 Å². The lowest BCUT2D eigenvalue weighted by molar-refractivity contribution is 0.0528. The van der Waals surface area contributed by atoms with Crippen molar-refractivity contribution in [2.75, 3.05) is 13.2 Å². The first kappa shape index (κ1) is 16.2. The van der Waals surface area contributed by atoms with Crippen molar-refractivity contribution in [3.63, 3.8) is 0 Å². The van der Waals surface area contributed by atoms with Crippen LogP contribution in [0.3, 0.4) is 0 Å². The Morgan fingerprint density at radius 3 is 2.77 bits per heavy atom. The Hall–Kier alpha value is -2.17. The first-order chi connectivity index (χ1) is 10.4. The summed E-state index contributed by atoms with van der Waals surface area (Å²) in [4.78, 5) is 14.8. The number of amides is 1. The Bertz CT molecular complexity index is 641. The summed E-state index contributed by atoms with van der Waals surface area (Å²) in [5, 5.41) is 3.92. The van der Waals surface area contributed by atoms with Gasteiger partial charge in [-0.15, -0.1) is 0 Å². The number of ether oxygens (including phenoxy) is 2.